The Hall–Kier alpha value is 0.400. The predicted octanol–water partition coefficient (Wildman–Crippen LogP) is 3.56. The van der Waals surface area contributed by atoms with Crippen LogP contribution in [0.3, 0.4) is 0 Å². The molecule has 0 N–H and O–H groups in total. The van der Waals surface area contributed by atoms with Gasteiger partial charge in [0, 0.05) is 17.6 Å². The molecule has 1 saturated heterocycles. The molecule has 0 radical (unpaired) electrons. The van der Waals surface area contributed by atoms with Crippen LogP contribution in [0.25, 0.3) is 0 Å². The van der Waals surface area contributed by atoms with Crippen LogP contribution in [0.2, 0.25) is 0 Å². The molecule has 2 atom stereocenters. The van der Waals surface area contributed by atoms with E-state index in [9.17, 15) is 0 Å². The minimum Gasteiger partial charge on any atom is -0.454 e. The van der Waals surface area contributed by atoms with Gasteiger partial charge in [-0.05, 0) is 39.7 Å². The standard InChI is InChI=1S/C9H10BrClOS/c10-9-2-1-7(12-9)3-6-4-13-5-8(6)11/h1-2,6,8H,3-5H2. The fourth-order valence-corrected chi connectivity index (χ4v) is 3.66. The molecule has 2 rings (SSSR count). The van der Waals surface area contributed by atoms with E-state index >= 15 is 0 Å². The molecule has 72 valence electrons. The van der Waals surface area contributed by atoms with Gasteiger partial charge >= 0.3 is 0 Å². The molecular weight excluding hydrogens is 272 g/mol. The molecule has 4 heteroatoms. The van der Waals surface area contributed by atoms with Crippen molar-refractivity contribution in [1.29, 1.82) is 0 Å². The molecule has 0 bridgehead atoms. The van der Waals surface area contributed by atoms with E-state index in [1.165, 1.54) is 0 Å². The molecule has 0 saturated carbocycles. The highest BCUT2D eigenvalue weighted by Crippen LogP contribution is 2.31. The quantitative estimate of drug-likeness (QED) is 0.769. The van der Waals surface area contributed by atoms with Crippen LogP contribution in [-0.2, 0) is 6.42 Å². The van der Waals surface area contributed by atoms with Crippen molar-refractivity contribution in [3.8, 4) is 0 Å². The summed E-state index contributed by atoms with van der Waals surface area (Å²) in [5.41, 5.74) is 0. The molecule has 1 aliphatic rings. The second-order valence-corrected chi connectivity index (χ2v) is 5.64. The predicted molar refractivity (Wildman–Crippen MR) is 60.6 cm³/mol. The largest absolute Gasteiger partial charge is 0.454 e. The molecule has 13 heavy (non-hydrogen) atoms. The fraction of sp³-hybridized carbons (Fsp3) is 0.556. The average molecular weight is 282 g/mol. The van der Waals surface area contributed by atoms with Crippen LogP contribution in [-0.4, -0.2) is 16.9 Å². The lowest BCUT2D eigenvalue weighted by atomic mass is 10.0. The molecule has 2 heterocycles. The smallest absolute Gasteiger partial charge is 0.169 e. The Morgan fingerprint density at radius 3 is 2.92 bits per heavy atom. The molecule has 0 aliphatic carbocycles. The van der Waals surface area contributed by atoms with Crippen molar-refractivity contribution in [3.05, 3.63) is 22.6 Å². The van der Waals surface area contributed by atoms with Crippen LogP contribution in [0.15, 0.2) is 21.2 Å². The van der Waals surface area contributed by atoms with Crippen molar-refractivity contribution in [3.63, 3.8) is 0 Å². The molecule has 1 nitrogen and oxygen atoms in total. The number of hydrogen-bond acceptors (Lipinski definition) is 2. The van der Waals surface area contributed by atoms with Crippen molar-refractivity contribution in [2.24, 2.45) is 5.92 Å². The highest BCUT2D eigenvalue weighted by molar-refractivity contribution is 9.10. The lowest BCUT2D eigenvalue weighted by Crippen LogP contribution is -2.14. The second kappa shape index (κ2) is 4.28. The third kappa shape index (κ3) is 2.45. The van der Waals surface area contributed by atoms with Crippen molar-refractivity contribution in [1.82, 2.24) is 0 Å². The van der Waals surface area contributed by atoms with Crippen LogP contribution in [0.5, 0.6) is 0 Å². The molecule has 0 spiro atoms. The summed E-state index contributed by atoms with van der Waals surface area (Å²) in [6, 6.07) is 3.94. The number of rotatable bonds is 2. The molecule has 0 aromatic carbocycles. The van der Waals surface area contributed by atoms with E-state index in [0.29, 0.717) is 11.3 Å². The highest BCUT2D eigenvalue weighted by Gasteiger charge is 2.26. The summed E-state index contributed by atoms with van der Waals surface area (Å²) in [5.74, 6) is 3.84. The summed E-state index contributed by atoms with van der Waals surface area (Å²) in [5, 5.41) is 0.314. The number of alkyl halides is 1. The first-order chi connectivity index (χ1) is 6.25. The lowest BCUT2D eigenvalue weighted by molar-refractivity contribution is 0.449. The first kappa shape index (κ1) is 9.94. The van der Waals surface area contributed by atoms with Gasteiger partial charge < -0.3 is 4.42 Å². The van der Waals surface area contributed by atoms with Crippen molar-refractivity contribution < 1.29 is 4.42 Å². The Labute approximate surface area is 95.3 Å². The van der Waals surface area contributed by atoms with E-state index in [0.717, 1.165) is 28.4 Å². The summed E-state index contributed by atoms with van der Waals surface area (Å²) in [6.45, 7) is 0. The lowest BCUT2D eigenvalue weighted by Gasteiger charge is -2.09. The van der Waals surface area contributed by atoms with Gasteiger partial charge in [-0.15, -0.1) is 11.6 Å². The topological polar surface area (TPSA) is 13.1 Å². The summed E-state index contributed by atoms with van der Waals surface area (Å²) >= 11 is 11.4. The summed E-state index contributed by atoms with van der Waals surface area (Å²) in [6.07, 6.45) is 0.965. The zero-order valence-corrected chi connectivity index (χ0v) is 10.2. The number of furan rings is 1. The van der Waals surface area contributed by atoms with Gasteiger partial charge in [0.25, 0.3) is 0 Å². The Bertz CT molecular complexity index is 289. The first-order valence-electron chi connectivity index (χ1n) is 4.22. The Morgan fingerprint density at radius 2 is 2.38 bits per heavy atom. The summed E-state index contributed by atoms with van der Waals surface area (Å²) in [7, 11) is 0. The van der Waals surface area contributed by atoms with Gasteiger partial charge in [0.2, 0.25) is 0 Å². The van der Waals surface area contributed by atoms with E-state index in [2.05, 4.69) is 15.9 Å². The SMILES string of the molecule is ClC1CSCC1Cc1ccc(Br)o1. The number of thioether (sulfide) groups is 1. The number of halogens is 2. The minimum atomic E-state index is 0.314. The van der Waals surface area contributed by atoms with E-state index in [1.54, 1.807) is 0 Å². The second-order valence-electron chi connectivity index (χ2n) is 3.22. The van der Waals surface area contributed by atoms with Gasteiger partial charge in [0.15, 0.2) is 4.67 Å². The highest BCUT2D eigenvalue weighted by atomic mass is 79.9. The van der Waals surface area contributed by atoms with E-state index in [-0.39, 0.29) is 0 Å². The number of hydrogen-bond donors (Lipinski definition) is 0. The minimum absolute atomic E-state index is 0.314. The molecule has 1 aromatic rings. The van der Waals surface area contributed by atoms with Crippen LogP contribution >= 0.6 is 39.3 Å². The third-order valence-electron chi connectivity index (χ3n) is 2.21. The van der Waals surface area contributed by atoms with Crippen LogP contribution in [0.1, 0.15) is 5.76 Å². The normalized spacial score (nSPS) is 28.2. The van der Waals surface area contributed by atoms with Gasteiger partial charge in [-0.25, -0.2) is 0 Å². The maximum Gasteiger partial charge on any atom is 0.169 e. The van der Waals surface area contributed by atoms with Crippen LogP contribution < -0.4 is 0 Å². The van der Waals surface area contributed by atoms with Gasteiger partial charge in [-0.2, -0.15) is 11.8 Å². The Balaban J connectivity index is 1.97. The molecular formula is C9H10BrClOS. The summed E-state index contributed by atoms with van der Waals surface area (Å²) in [4.78, 5) is 0. The molecule has 2 unspecified atom stereocenters. The zero-order valence-electron chi connectivity index (χ0n) is 7.00. The molecule has 1 fully saturated rings. The Kier molecular flexibility index (Phi) is 3.27. The van der Waals surface area contributed by atoms with Gasteiger partial charge in [-0.1, -0.05) is 0 Å². The van der Waals surface area contributed by atoms with Crippen molar-refractivity contribution >= 4 is 39.3 Å². The average Bonchev–Trinajstić information content (AvgIpc) is 2.64. The van der Waals surface area contributed by atoms with E-state index in [4.69, 9.17) is 16.0 Å². The monoisotopic (exact) mass is 280 g/mol. The molecule has 0 amide bonds. The maximum absolute atomic E-state index is 6.16. The van der Waals surface area contributed by atoms with E-state index in [1.807, 2.05) is 23.9 Å². The Morgan fingerprint density at radius 1 is 1.54 bits per heavy atom. The molecule has 1 aliphatic heterocycles. The van der Waals surface area contributed by atoms with Crippen molar-refractivity contribution in [2.45, 2.75) is 11.8 Å². The van der Waals surface area contributed by atoms with Gasteiger partial charge in [-0.3, -0.25) is 0 Å². The zero-order chi connectivity index (χ0) is 9.26. The van der Waals surface area contributed by atoms with E-state index < -0.39 is 0 Å². The third-order valence-corrected chi connectivity index (χ3v) is 4.59. The fourth-order valence-electron chi connectivity index (χ4n) is 1.48. The summed E-state index contributed by atoms with van der Waals surface area (Å²) < 4.78 is 6.25. The maximum atomic E-state index is 6.16. The van der Waals surface area contributed by atoms with Gasteiger partial charge in [0.1, 0.15) is 5.76 Å². The van der Waals surface area contributed by atoms with Gasteiger partial charge in [0.05, 0.1) is 0 Å². The molecule has 1 aromatic heterocycles. The first-order valence-corrected chi connectivity index (χ1v) is 6.60. The van der Waals surface area contributed by atoms with Crippen LogP contribution in [0.4, 0.5) is 0 Å². The van der Waals surface area contributed by atoms with Crippen LogP contribution in [0, 0.1) is 5.92 Å². The van der Waals surface area contributed by atoms with Crippen molar-refractivity contribution in [2.75, 3.05) is 11.5 Å².